The molecule has 1 rings (SSSR count). The summed E-state index contributed by atoms with van der Waals surface area (Å²) in [4.78, 5) is 0. The topological polar surface area (TPSA) is 21.3 Å². The van der Waals surface area contributed by atoms with Crippen molar-refractivity contribution in [3.8, 4) is 0 Å². The number of methoxy groups -OCH3 is 1. The largest absolute Gasteiger partial charge is 0.384 e. The van der Waals surface area contributed by atoms with Crippen molar-refractivity contribution in [1.29, 1.82) is 0 Å². The van der Waals surface area contributed by atoms with Crippen molar-refractivity contribution in [2.45, 2.75) is 13.0 Å². The molecule has 0 aromatic heterocycles. The minimum Gasteiger partial charge on any atom is -0.384 e. The molecule has 0 spiro atoms. The number of benzene rings is 1. The Labute approximate surface area is 99.5 Å². The van der Waals surface area contributed by atoms with Gasteiger partial charge in [0.25, 0.3) is 0 Å². The second-order valence-electron chi connectivity index (χ2n) is 3.20. The summed E-state index contributed by atoms with van der Waals surface area (Å²) >= 11 is 3.52. The van der Waals surface area contributed by atoms with E-state index in [-0.39, 0.29) is 0 Å². The number of ether oxygens (including phenoxy) is 1. The first kappa shape index (κ1) is 12.3. The molecule has 0 fully saturated rings. The zero-order chi connectivity index (χ0) is 11.1. The Morgan fingerprint density at radius 3 is 3.00 bits per heavy atom. The Bertz CT molecular complexity index is 325. The molecule has 2 nitrogen and oxygen atoms in total. The van der Waals surface area contributed by atoms with Gasteiger partial charge in [0.15, 0.2) is 0 Å². The van der Waals surface area contributed by atoms with Crippen molar-refractivity contribution in [1.82, 2.24) is 0 Å². The number of hydrogen-bond acceptors (Lipinski definition) is 2. The molecular weight excluding hydrogens is 254 g/mol. The fourth-order valence-electron chi connectivity index (χ4n) is 1.32. The lowest BCUT2D eigenvalue weighted by Gasteiger charge is -2.12. The van der Waals surface area contributed by atoms with Crippen LogP contribution in [0.15, 0.2) is 35.3 Å². The van der Waals surface area contributed by atoms with E-state index >= 15 is 0 Å². The highest BCUT2D eigenvalue weighted by molar-refractivity contribution is 9.10. The maximum Gasteiger partial charge on any atom is 0.0744 e. The molecule has 0 bridgehead atoms. The lowest BCUT2D eigenvalue weighted by Crippen LogP contribution is -2.04. The summed E-state index contributed by atoms with van der Waals surface area (Å²) in [6, 6.07) is 6.09. The fourth-order valence-corrected chi connectivity index (χ4v) is 1.80. The summed E-state index contributed by atoms with van der Waals surface area (Å²) in [5.74, 6) is 0. The normalized spacial score (nSPS) is 10.0. The molecule has 1 aromatic rings. The number of anilines is 1. The predicted molar refractivity (Wildman–Crippen MR) is 68.2 cm³/mol. The second kappa shape index (κ2) is 6.64. The minimum absolute atomic E-state index is 0.609. The van der Waals surface area contributed by atoms with Gasteiger partial charge in [0, 0.05) is 29.4 Å². The van der Waals surface area contributed by atoms with Crippen LogP contribution in [0.1, 0.15) is 12.0 Å². The van der Waals surface area contributed by atoms with E-state index in [0.29, 0.717) is 6.61 Å². The summed E-state index contributed by atoms with van der Waals surface area (Å²) in [7, 11) is 1.70. The number of halogens is 1. The Morgan fingerprint density at radius 1 is 1.53 bits per heavy atom. The molecule has 82 valence electrons. The smallest absolute Gasteiger partial charge is 0.0744 e. The lowest BCUT2D eigenvalue weighted by molar-refractivity contribution is 0.185. The van der Waals surface area contributed by atoms with Gasteiger partial charge in [0.05, 0.1) is 6.61 Å². The highest BCUT2D eigenvalue weighted by atomic mass is 79.9. The average molecular weight is 270 g/mol. The van der Waals surface area contributed by atoms with Gasteiger partial charge in [0.2, 0.25) is 0 Å². The number of nitrogens with one attached hydrogen (secondary N) is 1. The number of rotatable bonds is 6. The predicted octanol–water partition coefficient (Wildman–Crippen LogP) is 3.58. The minimum atomic E-state index is 0.609. The summed E-state index contributed by atoms with van der Waals surface area (Å²) in [6.45, 7) is 5.20. The van der Waals surface area contributed by atoms with Gasteiger partial charge >= 0.3 is 0 Å². The molecule has 0 unspecified atom stereocenters. The van der Waals surface area contributed by atoms with Crippen molar-refractivity contribution in [2.24, 2.45) is 0 Å². The van der Waals surface area contributed by atoms with Crippen LogP contribution in [0.5, 0.6) is 0 Å². The Morgan fingerprint density at radius 2 is 2.33 bits per heavy atom. The summed E-state index contributed by atoms with van der Waals surface area (Å²) < 4.78 is 6.24. The third-order valence-corrected chi connectivity index (χ3v) is 2.81. The van der Waals surface area contributed by atoms with Gasteiger partial charge in [0.1, 0.15) is 0 Å². The second-order valence-corrected chi connectivity index (χ2v) is 4.06. The van der Waals surface area contributed by atoms with Crippen molar-refractivity contribution in [3.63, 3.8) is 0 Å². The van der Waals surface area contributed by atoms with E-state index < -0.39 is 0 Å². The van der Waals surface area contributed by atoms with Crippen molar-refractivity contribution >= 4 is 21.6 Å². The van der Waals surface area contributed by atoms with Gasteiger partial charge in [-0.15, -0.1) is 6.58 Å². The molecule has 1 N–H and O–H groups in total. The van der Waals surface area contributed by atoms with Gasteiger partial charge in [-0.2, -0.15) is 0 Å². The molecule has 3 heteroatoms. The van der Waals surface area contributed by atoms with Crippen LogP contribution in [0.4, 0.5) is 5.69 Å². The van der Waals surface area contributed by atoms with E-state index in [1.54, 1.807) is 7.11 Å². The van der Waals surface area contributed by atoms with E-state index in [1.165, 1.54) is 0 Å². The Hall–Kier alpha value is -0.800. The van der Waals surface area contributed by atoms with E-state index in [4.69, 9.17) is 4.74 Å². The van der Waals surface area contributed by atoms with E-state index in [0.717, 1.165) is 28.7 Å². The SMILES string of the molecule is C=CCCNc1cccc(Br)c1COC. The van der Waals surface area contributed by atoms with Crippen LogP contribution in [0.2, 0.25) is 0 Å². The molecule has 0 heterocycles. The monoisotopic (exact) mass is 269 g/mol. The van der Waals surface area contributed by atoms with Crippen molar-refractivity contribution in [3.05, 3.63) is 40.9 Å². The van der Waals surface area contributed by atoms with Crippen LogP contribution in [0.3, 0.4) is 0 Å². The van der Waals surface area contributed by atoms with Crippen LogP contribution in [-0.4, -0.2) is 13.7 Å². The zero-order valence-electron chi connectivity index (χ0n) is 8.92. The molecule has 0 amide bonds. The first-order chi connectivity index (χ1) is 7.29. The van der Waals surface area contributed by atoms with E-state index in [1.807, 2.05) is 18.2 Å². The fraction of sp³-hybridized carbons (Fsp3) is 0.333. The zero-order valence-corrected chi connectivity index (χ0v) is 10.5. The molecule has 0 aliphatic heterocycles. The van der Waals surface area contributed by atoms with Gasteiger partial charge < -0.3 is 10.1 Å². The third kappa shape index (κ3) is 3.68. The number of hydrogen-bond donors (Lipinski definition) is 1. The van der Waals surface area contributed by atoms with Crippen LogP contribution in [-0.2, 0) is 11.3 Å². The molecule has 15 heavy (non-hydrogen) atoms. The highest BCUT2D eigenvalue weighted by Crippen LogP contribution is 2.25. The lowest BCUT2D eigenvalue weighted by atomic mass is 10.2. The van der Waals surface area contributed by atoms with Gasteiger partial charge in [-0.25, -0.2) is 0 Å². The van der Waals surface area contributed by atoms with Crippen LogP contribution in [0.25, 0.3) is 0 Å². The summed E-state index contributed by atoms with van der Waals surface area (Å²) in [6.07, 6.45) is 2.86. The Balaban J connectivity index is 2.75. The average Bonchev–Trinajstić information content (AvgIpc) is 2.23. The maximum absolute atomic E-state index is 5.17. The molecule has 0 saturated heterocycles. The summed E-state index contributed by atoms with van der Waals surface area (Å²) in [5, 5.41) is 3.36. The van der Waals surface area contributed by atoms with Gasteiger partial charge in [-0.05, 0) is 18.6 Å². The van der Waals surface area contributed by atoms with Crippen LogP contribution < -0.4 is 5.32 Å². The summed E-state index contributed by atoms with van der Waals surface area (Å²) in [5.41, 5.74) is 2.28. The molecule has 0 atom stereocenters. The molecule has 0 radical (unpaired) electrons. The van der Waals surface area contributed by atoms with E-state index in [9.17, 15) is 0 Å². The molecule has 0 aliphatic rings. The quantitative estimate of drug-likeness (QED) is 0.630. The molecular formula is C12H16BrNO. The van der Waals surface area contributed by atoms with Crippen LogP contribution >= 0.6 is 15.9 Å². The molecule has 0 aliphatic carbocycles. The third-order valence-electron chi connectivity index (χ3n) is 2.07. The highest BCUT2D eigenvalue weighted by Gasteiger charge is 2.05. The molecule has 0 saturated carbocycles. The van der Waals surface area contributed by atoms with E-state index in [2.05, 4.69) is 33.9 Å². The first-order valence-electron chi connectivity index (χ1n) is 4.90. The van der Waals surface area contributed by atoms with Gasteiger partial charge in [-0.3, -0.25) is 0 Å². The van der Waals surface area contributed by atoms with Gasteiger partial charge in [-0.1, -0.05) is 28.1 Å². The maximum atomic E-state index is 5.17. The standard InChI is InChI=1S/C12H16BrNO/c1-3-4-8-14-12-7-5-6-11(13)10(12)9-15-2/h3,5-7,14H,1,4,8-9H2,2H3. The first-order valence-corrected chi connectivity index (χ1v) is 5.70. The van der Waals surface area contributed by atoms with Crippen molar-refractivity contribution < 1.29 is 4.74 Å². The Kier molecular flexibility index (Phi) is 5.43. The van der Waals surface area contributed by atoms with Crippen LogP contribution in [0, 0.1) is 0 Å². The molecule has 1 aromatic carbocycles. The van der Waals surface area contributed by atoms with Crippen molar-refractivity contribution in [2.75, 3.05) is 19.0 Å².